The number of hydrogen-bond donors (Lipinski definition) is 2. The van der Waals surface area contributed by atoms with Gasteiger partial charge in [-0.1, -0.05) is 19.8 Å². The van der Waals surface area contributed by atoms with Gasteiger partial charge in [0.05, 0.1) is 5.56 Å². The van der Waals surface area contributed by atoms with E-state index in [1.165, 1.54) is 32.1 Å². The summed E-state index contributed by atoms with van der Waals surface area (Å²) in [6, 6.07) is 3.73. The van der Waals surface area contributed by atoms with Crippen LogP contribution in [0.15, 0.2) is 18.3 Å². The summed E-state index contributed by atoms with van der Waals surface area (Å²) in [6.07, 6.45) is 8.13. The fraction of sp³-hybridized carbons (Fsp3) is 0.600. The number of nitrogens with two attached hydrogens (primary N) is 1. The predicted octanol–water partition coefficient (Wildman–Crippen LogP) is 2.77. The van der Waals surface area contributed by atoms with Crippen LogP contribution >= 0.6 is 0 Å². The number of nitrogen functional groups attached to an aromatic ring is 1. The van der Waals surface area contributed by atoms with Crippen LogP contribution in [0.1, 0.15) is 44.6 Å². The van der Waals surface area contributed by atoms with Gasteiger partial charge in [0.1, 0.15) is 11.7 Å². The molecule has 4 heteroatoms. The number of pyridine rings is 1. The molecule has 0 aromatic carbocycles. The average Bonchev–Trinajstić information content (AvgIpc) is 2.65. The summed E-state index contributed by atoms with van der Waals surface area (Å²) in [5, 5.41) is 7.67. The van der Waals surface area contributed by atoms with Gasteiger partial charge >= 0.3 is 0 Å². The molecule has 1 saturated heterocycles. The second kappa shape index (κ2) is 6.55. The summed E-state index contributed by atoms with van der Waals surface area (Å²) < 4.78 is 0. The third-order valence-electron chi connectivity index (χ3n) is 3.92. The molecule has 4 nitrogen and oxygen atoms in total. The monoisotopic (exact) mass is 260 g/mol. The lowest BCUT2D eigenvalue weighted by Crippen LogP contribution is -2.28. The number of nitrogens with one attached hydrogen (secondary N) is 1. The van der Waals surface area contributed by atoms with Crippen molar-refractivity contribution in [3.8, 4) is 0 Å². The lowest BCUT2D eigenvalue weighted by molar-refractivity contribution is 0.435. The Morgan fingerprint density at radius 1 is 1.47 bits per heavy atom. The van der Waals surface area contributed by atoms with E-state index in [9.17, 15) is 0 Å². The Hall–Kier alpha value is -1.58. The lowest BCUT2D eigenvalue weighted by Gasteiger charge is -2.23. The maximum atomic E-state index is 7.67. The molecule has 19 heavy (non-hydrogen) atoms. The van der Waals surface area contributed by atoms with Gasteiger partial charge in [-0.15, -0.1) is 0 Å². The molecule has 2 rings (SSSR count). The first kappa shape index (κ1) is 13.8. The van der Waals surface area contributed by atoms with Gasteiger partial charge in [0.2, 0.25) is 0 Å². The molecule has 1 atom stereocenters. The highest BCUT2D eigenvalue weighted by Gasteiger charge is 2.19. The molecule has 3 N–H and O–H groups in total. The molecule has 104 valence electrons. The van der Waals surface area contributed by atoms with E-state index in [-0.39, 0.29) is 5.84 Å². The van der Waals surface area contributed by atoms with E-state index in [1.54, 1.807) is 6.20 Å². The average molecular weight is 260 g/mol. The Bertz CT molecular complexity index is 430. The van der Waals surface area contributed by atoms with Gasteiger partial charge in [-0.2, -0.15) is 0 Å². The van der Waals surface area contributed by atoms with E-state index < -0.39 is 0 Å². The van der Waals surface area contributed by atoms with E-state index in [4.69, 9.17) is 11.1 Å². The van der Waals surface area contributed by atoms with Crippen molar-refractivity contribution < 1.29 is 0 Å². The first-order valence-electron chi connectivity index (χ1n) is 7.26. The van der Waals surface area contributed by atoms with Crippen LogP contribution in [0.4, 0.5) is 5.82 Å². The smallest absolute Gasteiger partial charge is 0.139 e. The van der Waals surface area contributed by atoms with Crippen molar-refractivity contribution in [2.24, 2.45) is 11.7 Å². The number of hydrogen-bond acceptors (Lipinski definition) is 3. The molecule has 1 unspecified atom stereocenters. The standard InChI is InChI=1S/C15H24N4/c1-2-5-12-6-4-10-19(11-8-12)15-13(14(16)17)7-3-9-18-15/h3,7,9,12H,2,4-6,8,10-11H2,1H3,(H3,16,17). The van der Waals surface area contributed by atoms with Crippen LogP contribution in [-0.4, -0.2) is 23.9 Å². The number of rotatable bonds is 4. The lowest BCUT2D eigenvalue weighted by atomic mass is 9.96. The minimum absolute atomic E-state index is 0.109. The van der Waals surface area contributed by atoms with E-state index in [1.807, 2.05) is 12.1 Å². The molecule has 1 aromatic rings. The number of amidine groups is 1. The molecule has 1 fully saturated rings. The second-order valence-corrected chi connectivity index (χ2v) is 5.36. The Balaban J connectivity index is 2.12. The van der Waals surface area contributed by atoms with E-state index >= 15 is 0 Å². The molecule has 0 saturated carbocycles. The maximum absolute atomic E-state index is 7.67. The van der Waals surface area contributed by atoms with Crippen molar-refractivity contribution in [2.45, 2.75) is 39.0 Å². The number of nitrogens with zero attached hydrogens (tertiary/aromatic N) is 2. The predicted molar refractivity (Wildman–Crippen MR) is 79.7 cm³/mol. The first-order chi connectivity index (χ1) is 9.22. The molecule has 1 aromatic heterocycles. The number of aromatic nitrogens is 1. The van der Waals surface area contributed by atoms with Crippen LogP contribution in [-0.2, 0) is 0 Å². The summed E-state index contributed by atoms with van der Waals surface area (Å²) in [4.78, 5) is 6.74. The van der Waals surface area contributed by atoms with Crippen molar-refractivity contribution >= 4 is 11.7 Å². The summed E-state index contributed by atoms with van der Waals surface area (Å²) in [7, 11) is 0. The molecule has 2 heterocycles. The van der Waals surface area contributed by atoms with Crippen LogP contribution in [0.3, 0.4) is 0 Å². The van der Waals surface area contributed by atoms with Crippen molar-refractivity contribution in [3.05, 3.63) is 23.9 Å². The maximum Gasteiger partial charge on any atom is 0.139 e. The normalized spacial score (nSPS) is 20.1. The van der Waals surface area contributed by atoms with E-state index in [2.05, 4.69) is 16.8 Å². The van der Waals surface area contributed by atoms with Crippen LogP contribution < -0.4 is 10.6 Å². The molecule has 0 spiro atoms. The van der Waals surface area contributed by atoms with Crippen molar-refractivity contribution in [3.63, 3.8) is 0 Å². The van der Waals surface area contributed by atoms with Gasteiger partial charge in [-0.25, -0.2) is 4.98 Å². The molecule has 1 aliphatic rings. The Kier molecular flexibility index (Phi) is 4.77. The molecule has 0 bridgehead atoms. The summed E-state index contributed by atoms with van der Waals surface area (Å²) in [5.74, 6) is 1.84. The van der Waals surface area contributed by atoms with Crippen molar-refractivity contribution in [1.29, 1.82) is 5.41 Å². The Morgan fingerprint density at radius 3 is 3.05 bits per heavy atom. The Labute approximate surface area is 115 Å². The van der Waals surface area contributed by atoms with Gasteiger partial charge in [-0.05, 0) is 37.3 Å². The highest BCUT2D eigenvalue weighted by molar-refractivity contribution is 5.99. The van der Waals surface area contributed by atoms with E-state index in [0.717, 1.165) is 30.4 Å². The summed E-state index contributed by atoms with van der Waals surface area (Å²) in [6.45, 7) is 4.31. The van der Waals surface area contributed by atoms with Gasteiger partial charge in [0.25, 0.3) is 0 Å². The molecule has 0 radical (unpaired) electrons. The third kappa shape index (κ3) is 3.46. The highest BCUT2D eigenvalue weighted by Crippen LogP contribution is 2.26. The minimum Gasteiger partial charge on any atom is -0.384 e. The zero-order valence-electron chi connectivity index (χ0n) is 11.7. The minimum atomic E-state index is 0.109. The second-order valence-electron chi connectivity index (χ2n) is 5.36. The molecular formula is C15H24N4. The Morgan fingerprint density at radius 2 is 2.32 bits per heavy atom. The number of anilines is 1. The molecular weight excluding hydrogens is 236 g/mol. The SMILES string of the molecule is CCCC1CCCN(c2ncccc2C(=N)N)CC1. The van der Waals surface area contributed by atoms with E-state index in [0.29, 0.717) is 0 Å². The molecule has 0 aliphatic carbocycles. The van der Waals surface area contributed by atoms with Gasteiger partial charge < -0.3 is 10.6 Å². The molecule has 0 amide bonds. The zero-order chi connectivity index (χ0) is 13.7. The zero-order valence-corrected chi connectivity index (χ0v) is 11.7. The van der Waals surface area contributed by atoms with Crippen molar-refractivity contribution in [1.82, 2.24) is 4.98 Å². The summed E-state index contributed by atoms with van der Waals surface area (Å²) in [5.41, 5.74) is 6.41. The van der Waals surface area contributed by atoms with Gasteiger partial charge in [0, 0.05) is 19.3 Å². The molecule has 1 aliphatic heterocycles. The van der Waals surface area contributed by atoms with Crippen LogP contribution in [0, 0.1) is 11.3 Å². The van der Waals surface area contributed by atoms with Crippen LogP contribution in [0.2, 0.25) is 0 Å². The highest BCUT2D eigenvalue weighted by atomic mass is 15.2. The third-order valence-corrected chi connectivity index (χ3v) is 3.92. The van der Waals surface area contributed by atoms with Crippen LogP contribution in [0.25, 0.3) is 0 Å². The first-order valence-corrected chi connectivity index (χ1v) is 7.26. The largest absolute Gasteiger partial charge is 0.384 e. The van der Waals surface area contributed by atoms with Crippen molar-refractivity contribution in [2.75, 3.05) is 18.0 Å². The topological polar surface area (TPSA) is 66.0 Å². The summed E-state index contributed by atoms with van der Waals surface area (Å²) >= 11 is 0. The fourth-order valence-electron chi connectivity index (χ4n) is 2.93. The van der Waals surface area contributed by atoms with Gasteiger partial charge in [0.15, 0.2) is 0 Å². The van der Waals surface area contributed by atoms with Gasteiger partial charge in [-0.3, -0.25) is 5.41 Å². The van der Waals surface area contributed by atoms with Crippen LogP contribution in [0.5, 0.6) is 0 Å². The quantitative estimate of drug-likeness (QED) is 0.646. The fourth-order valence-corrected chi connectivity index (χ4v) is 2.93.